The van der Waals surface area contributed by atoms with Crippen LogP contribution in [0.3, 0.4) is 0 Å². The molecule has 0 amide bonds. The molecule has 0 radical (unpaired) electrons. The van der Waals surface area contributed by atoms with Crippen LogP contribution >= 0.6 is 11.6 Å². The monoisotopic (exact) mass is 339 g/mol. The maximum absolute atomic E-state index is 12.9. The molecule has 7 heteroatoms. The van der Waals surface area contributed by atoms with Crippen molar-refractivity contribution in [2.75, 3.05) is 6.54 Å². The van der Waals surface area contributed by atoms with E-state index < -0.39 is 22.0 Å². The molecule has 5 nitrogen and oxygen atoms in total. The Labute approximate surface area is 133 Å². The fourth-order valence-corrected chi connectivity index (χ4v) is 5.11. The van der Waals surface area contributed by atoms with Gasteiger partial charge in [-0.1, -0.05) is 35.9 Å². The highest BCUT2D eigenvalue weighted by atomic mass is 35.5. The first kappa shape index (κ1) is 15.3. The fourth-order valence-electron chi connectivity index (χ4n) is 2.88. The van der Waals surface area contributed by atoms with Gasteiger partial charge in [0.25, 0.3) is 0 Å². The number of benzene rings is 2. The summed E-state index contributed by atoms with van der Waals surface area (Å²) in [4.78, 5) is 11.3. The van der Waals surface area contributed by atoms with Crippen molar-refractivity contribution < 1.29 is 18.3 Å². The maximum atomic E-state index is 12.9. The number of halogens is 1. The second-order valence-electron chi connectivity index (χ2n) is 5.21. The molecule has 1 N–H and O–H groups in total. The van der Waals surface area contributed by atoms with Gasteiger partial charge in [-0.15, -0.1) is 0 Å². The van der Waals surface area contributed by atoms with Crippen LogP contribution in [-0.4, -0.2) is 36.4 Å². The van der Waals surface area contributed by atoms with Gasteiger partial charge in [0.05, 0.1) is 4.90 Å². The molecule has 1 aliphatic rings. The van der Waals surface area contributed by atoms with Crippen LogP contribution in [0, 0.1) is 0 Å². The van der Waals surface area contributed by atoms with Crippen LogP contribution in [0.5, 0.6) is 0 Å². The Hall–Kier alpha value is -1.63. The molecule has 22 heavy (non-hydrogen) atoms. The predicted molar refractivity (Wildman–Crippen MR) is 83.5 cm³/mol. The van der Waals surface area contributed by atoms with E-state index in [9.17, 15) is 18.3 Å². The van der Waals surface area contributed by atoms with Crippen molar-refractivity contribution in [3.05, 3.63) is 41.4 Å². The first-order valence-corrected chi connectivity index (χ1v) is 8.66. The molecule has 0 saturated carbocycles. The number of fused-ring (bicyclic) bond motifs is 1. The Morgan fingerprint density at radius 2 is 1.91 bits per heavy atom. The molecule has 1 heterocycles. The Bertz CT molecular complexity index is 844. The van der Waals surface area contributed by atoms with Gasteiger partial charge in [0.15, 0.2) is 0 Å². The van der Waals surface area contributed by atoms with Gasteiger partial charge in [0, 0.05) is 17.0 Å². The SMILES string of the molecule is O=C(O)[C@@H]1CCCN1S(=O)(=O)c1cccc2cccc(Cl)c12. The third kappa shape index (κ3) is 2.37. The van der Waals surface area contributed by atoms with Crippen LogP contribution in [0.15, 0.2) is 41.3 Å². The molecule has 1 fully saturated rings. The van der Waals surface area contributed by atoms with Gasteiger partial charge in [0.2, 0.25) is 10.0 Å². The van der Waals surface area contributed by atoms with Crippen molar-refractivity contribution in [1.82, 2.24) is 4.31 Å². The van der Waals surface area contributed by atoms with Gasteiger partial charge in [-0.3, -0.25) is 4.79 Å². The number of hydrogen-bond donors (Lipinski definition) is 1. The zero-order valence-corrected chi connectivity index (χ0v) is 13.1. The maximum Gasteiger partial charge on any atom is 0.322 e. The van der Waals surface area contributed by atoms with Gasteiger partial charge in [-0.05, 0) is 30.4 Å². The standard InChI is InChI=1S/C15H14ClNO4S/c16-11-6-1-4-10-5-2-8-13(14(10)11)22(20,21)17-9-3-7-12(17)15(18)19/h1-2,4-6,8,12H,3,7,9H2,(H,18,19)/t12-/m0/s1. The molecule has 1 saturated heterocycles. The highest BCUT2D eigenvalue weighted by Crippen LogP contribution is 2.34. The Morgan fingerprint density at radius 3 is 2.59 bits per heavy atom. The van der Waals surface area contributed by atoms with Crippen molar-refractivity contribution in [3.63, 3.8) is 0 Å². The van der Waals surface area contributed by atoms with Crippen molar-refractivity contribution >= 4 is 38.4 Å². The van der Waals surface area contributed by atoms with E-state index in [0.717, 1.165) is 4.31 Å². The molecule has 0 unspecified atom stereocenters. The van der Waals surface area contributed by atoms with Crippen LogP contribution in [0.25, 0.3) is 10.8 Å². The lowest BCUT2D eigenvalue weighted by molar-refractivity contribution is -0.140. The number of rotatable bonds is 3. The van der Waals surface area contributed by atoms with E-state index in [0.29, 0.717) is 28.6 Å². The summed E-state index contributed by atoms with van der Waals surface area (Å²) in [5.41, 5.74) is 0. The molecule has 3 rings (SSSR count). The first-order chi connectivity index (χ1) is 10.4. The molecular formula is C15H14ClNO4S. The lowest BCUT2D eigenvalue weighted by Gasteiger charge is -2.22. The minimum absolute atomic E-state index is 0.0590. The zero-order chi connectivity index (χ0) is 15.9. The summed E-state index contributed by atoms with van der Waals surface area (Å²) in [6.07, 6.45) is 0.863. The van der Waals surface area contributed by atoms with Crippen LogP contribution in [0.1, 0.15) is 12.8 Å². The first-order valence-electron chi connectivity index (χ1n) is 6.85. The van der Waals surface area contributed by atoms with Gasteiger partial charge in [-0.2, -0.15) is 4.31 Å². The molecule has 2 aromatic rings. The molecule has 0 aliphatic carbocycles. The molecule has 0 bridgehead atoms. The van der Waals surface area contributed by atoms with Gasteiger partial charge >= 0.3 is 5.97 Å². The van der Waals surface area contributed by atoms with Gasteiger partial charge < -0.3 is 5.11 Å². The molecule has 0 spiro atoms. The smallest absolute Gasteiger partial charge is 0.322 e. The average Bonchev–Trinajstić information content (AvgIpc) is 2.97. The lowest BCUT2D eigenvalue weighted by Crippen LogP contribution is -2.40. The van der Waals surface area contributed by atoms with E-state index in [-0.39, 0.29) is 11.4 Å². The largest absolute Gasteiger partial charge is 0.480 e. The summed E-state index contributed by atoms with van der Waals surface area (Å²) >= 11 is 6.17. The second kappa shape index (κ2) is 5.53. The predicted octanol–water partition coefficient (Wildman–Crippen LogP) is 2.73. The molecule has 2 aromatic carbocycles. The van der Waals surface area contributed by atoms with Crippen molar-refractivity contribution in [1.29, 1.82) is 0 Å². The molecule has 1 atom stereocenters. The number of sulfonamides is 1. The molecule has 1 aliphatic heterocycles. The highest BCUT2D eigenvalue weighted by molar-refractivity contribution is 7.89. The van der Waals surface area contributed by atoms with E-state index in [1.165, 1.54) is 6.07 Å². The summed E-state index contributed by atoms with van der Waals surface area (Å²) in [5, 5.41) is 10.7. The number of carboxylic acid groups (broad SMARTS) is 1. The fraction of sp³-hybridized carbons (Fsp3) is 0.267. The van der Waals surface area contributed by atoms with Crippen molar-refractivity contribution in [2.24, 2.45) is 0 Å². The Kier molecular flexibility index (Phi) is 3.84. The van der Waals surface area contributed by atoms with E-state index in [1.807, 2.05) is 0 Å². The van der Waals surface area contributed by atoms with Gasteiger partial charge in [-0.25, -0.2) is 8.42 Å². The second-order valence-corrected chi connectivity index (χ2v) is 7.47. The third-order valence-electron chi connectivity index (χ3n) is 3.89. The average molecular weight is 340 g/mol. The molecule has 116 valence electrons. The summed E-state index contributed by atoms with van der Waals surface area (Å²) in [5.74, 6) is -1.12. The Morgan fingerprint density at radius 1 is 1.23 bits per heavy atom. The normalized spacial score (nSPS) is 19.6. The minimum atomic E-state index is -3.91. The number of carbonyl (C=O) groups is 1. The van der Waals surface area contributed by atoms with E-state index >= 15 is 0 Å². The van der Waals surface area contributed by atoms with Crippen LogP contribution in [0.4, 0.5) is 0 Å². The van der Waals surface area contributed by atoms with E-state index in [2.05, 4.69) is 0 Å². The van der Waals surface area contributed by atoms with E-state index in [4.69, 9.17) is 11.6 Å². The van der Waals surface area contributed by atoms with Crippen LogP contribution in [0.2, 0.25) is 5.02 Å². The summed E-state index contributed by atoms with van der Waals surface area (Å²) in [6, 6.07) is 9.02. The molecule has 0 aromatic heterocycles. The quantitative estimate of drug-likeness (QED) is 0.933. The topological polar surface area (TPSA) is 74.7 Å². The number of aliphatic carboxylic acids is 1. The van der Waals surface area contributed by atoms with Crippen molar-refractivity contribution in [2.45, 2.75) is 23.8 Å². The lowest BCUT2D eigenvalue weighted by atomic mass is 10.1. The van der Waals surface area contributed by atoms with Gasteiger partial charge in [0.1, 0.15) is 6.04 Å². The summed E-state index contributed by atoms with van der Waals surface area (Å²) in [6.45, 7) is 0.208. The van der Waals surface area contributed by atoms with Crippen molar-refractivity contribution in [3.8, 4) is 0 Å². The number of carboxylic acids is 1. The molecular weight excluding hydrogens is 326 g/mol. The van der Waals surface area contributed by atoms with E-state index in [1.54, 1.807) is 30.3 Å². The number of nitrogens with zero attached hydrogens (tertiary/aromatic N) is 1. The third-order valence-corrected chi connectivity index (χ3v) is 6.16. The summed E-state index contributed by atoms with van der Waals surface area (Å²) < 4.78 is 26.9. The van der Waals surface area contributed by atoms with Crippen LogP contribution < -0.4 is 0 Å². The zero-order valence-electron chi connectivity index (χ0n) is 11.6. The summed E-state index contributed by atoms with van der Waals surface area (Å²) in [7, 11) is -3.91. The number of hydrogen-bond acceptors (Lipinski definition) is 3. The Balaban J connectivity index is 2.20. The minimum Gasteiger partial charge on any atom is -0.480 e. The highest BCUT2D eigenvalue weighted by Gasteiger charge is 2.40. The van der Waals surface area contributed by atoms with Crippen LogP contribution in [-0.2, 0) is 14.8 Å².